The van der Waals surface area contributed by atoms with Crippen molar-refractivity contribution in [3.8, 4) is 11.1 Å². The van der Waals surface area contributed by atoms with Gasteiger partial charge in [-0.15, -0.1) is 4.91 Å². The first kappa shape index (κ1) is 10.7. The first-order chi connectivity index (χ1) is 8.78. The highest BCUT2D eigenvalue weighted by atomic mass is 16.3. The lowest BCUT2D eigenvalue weighted by atomic mass is 10.0. The van der Waals surface area contributed by atoms with Gasteiger partial charge in [0, 0.05) is 23.3 Å². The zero-order valence-corrected chi connectivity index (χ0v) is 9.84. The van der Waals surface area contributed by atoms with Crippen molar-refractivity contribution in [1.82, 2.24) is 9.97 Å². The van der Waals surface area contributed by atoms with Crippen molar-refractivity contribution >= 4 is 16.7 Å². The van der Waals surface area contributed by atoms with Crippen molar-refractivity contribution in [2.24, 2.45) is 5.18 Å². The molecule has 0 unspecified atom stereocenters. The minimum absolute atomic E-state index is 0.207. The number of nitroso groups, excluding NO2 is 1. The van der Waals surface area contributed by atoms with Crippen molar-refractivity contribution in [3.05, 3.63) is 53.2 Å². The summed E-state index contributed by atoms with van der Waals surface area (Å²) in [6.07, 6.45) is 3.58. The number of hydrogen-bond donors (Lipinski definition) is 1. The molecule has 0 radical (unpaired) electrons. The molecule has 0 bridgehead atoms. The summed E-state index contributed by atoms with van der Waals surface area (Å²) in [5.74, 6) is 0.207. The maximum atomic E-state index is 10.5. The van der Waals surface area contributed by atoms with Gasteiger partial charge in [-0.05, 0) is 53.1 Å². The highest BCUT2D eigenvalue weighted by Gasteiger charge is 2.04. The number of hydrogen-bond acceptors (Lipinski definition) is 3. The summed E-state index contributed by atoms with van der Waals surface area (Å²) in [7, 11) is 0. The maximum Gasteiger partial charge on any atom is 0.197 e. The molecule has 18 heavy (non-hydrogen) atoms. The summed E-state index contributed by atoms with van der Waals surface area (Å²) >= 11 is 0. The molecular formula is C14H11N3O. The zero-order chi connectivity index (χ0) is 12.5. The zero-order valence-electron chi connectivity index (χ0n) is 9.84. The number of H-pyrrole nitrogens is 1. The van der Waals surface area contributed by atoms with Crippen molar-refractivity contribution in [2.75, 3.05) is 0 Å². The second kappa shape index (κ2) is 4.07. The summed E-state index contributed by atoms with van der Waals surface area (Å²) in [6, 6.07) is 9.72. The predicted octanol–water partition coefficient (Wildman–Crippen LogP) is 3.94. The molecule has 3 rings (SSSR count). The van der Waals surface area contributed by atoms with Gasteiger partial charge in [-0.25, -0.2) is 4.98 Å². The SMILES string of the molecule is Cc1c[nH]c2ccc(-c3ccnc(N=O)c3)cc12. The highest BCUT2D eigenvalue weighted by molar-refractivity contribution is 5.87. The van der Waals surface area contributed by atoms with Gasteiger partial charge in [-0.1, -0.05) is 6.07 Å². The third kappa shape index (κ3) is 1.68. The van der Waals surface area contributed by atoms with E-state index in [9.17, 15) is 4.91 Å². The fraction of sp³-hybridized carbons (Fsp3) is 0.0714. The van der Waals surface area contributed by atoms with E-state index in [1.54, 1.807) is 12.3 Å². The molecule has 3 aromatic rings. The maximum absolute atomic E-state index is 10.5. The van der Waals surface area contributed by atoms with Crippen LogP contribution in [0, 0.1) is 11.8 Å². The minimum Gasteiger partial charge on any atom is -0.361 e. The molecule has 0 aliphatic heterocycles. The van der Waals surface area contributed by atoms with Crippen LogP contribution in [0.4, 0.5) is 5.82 Å². The van der Waals surface area contributed by atoms with Gasteiger partial charge in [-0.3, -0.25) is 0 Å². The van der Waals surface area contributed by atoms with Crippen LogP contribution < -0.4 is 0 Å². The van der Waals surface area contributed by atoms with E-state index >= 15 is 0 Å². The van der Waals surface area contributed by atoms with Crippen LogP contribution in [0.3, 0.4) is 0 Å². The number of aromatic amines is 1. The fourth-order valence-corrected chi connectivity index (χ4v) is 2.09. The van der Waals surface area contributed by atoms with Gasteiger partial charge >= 0.3 is 0 Å². The normalized spacial score (nSPS) is 10.7. The van der Waals surface area contributed by atoms with E-state index in [1.165, 1.54) is 10.9 Å². The van der Waals surface area contributed by atoms with Crippen LogP contribution in [0.5, 0.6) is 0 Å². The molecule has 0 spiro atoms. The number of aryl methyl sites for hydroxylation is 1. The molecule has 0 amide bonds. The topological polar surface area (TPSA) is 58.1 Å². The minimum atomic E-state index is 0.207. The van der Waals surface area contributed by atoms with Crippen LogP contribution in [-0.4, -0.2) is 9.97 Å². The lowest BCUT2D eigenvalue weighted by Crippen LogP contribution is -1.80. The molecular weight excluding hydrogens is 226 g/mol. The number of aromatic nitrogens is 2. The summed E-state index contributed by atoms with van der Waals surface area (Å²) in [5.41, 5.74) is 4.31. The van der Waals surface area contributed by atoms with Gasteiger partial charge in [0.25, 0.3) is 0 Å². The molecule has 0 aliphatic carbocycles. The van der Waals surface area contributed by atoms with Gasteiger partial charge in [0.1, 0.15) is 0 Å². The Balaban J connectivity index is 2.18. The largest absolute Gasteiger partial charge is 0.361 e. The molecule has 0 aliphatic rings. The number of rotatable bonds is 2. The van der Waals surface area contributed by atoms with Crippen molar-refractivity contribution in [3.63, 3.8) is 0 Å². The van der Waals surface area contributed by atoms with E-state index in [0.717, 1.165) is 16.6 Å². The van der Waals surface area contributed by atoms with Crippen LogP contribution in [-0.2, 0) is 0 Å². The van der Waals surface area contributed by atoms with E-state index in [0.29, 0.717) is 0 Å². The number of nitrogens with zero attached hydrogens (tertiary/aromatic N) is 2. The Morgan fingerprint density at radius 2 is 2.00 bits per heavy atom. The van der Waals surface area contributed by atoms with Crippen LogP contribution in [0.15, 0.2) is 47.9 Å². The second-order valence-corrected chi connectivity index (χ2v) is 4.23. The van der Waals surface area contributed by atoms with Gasteiger partial charge in [-0.2, -0.15) is 0 Å². The Bertz CT molecular complexity index is 731. The van der Waals surface area contributed by atoms with Gasteiger partial charge in [0.05, 0.1) is 0 Å². The van der Waals surface area contributed by atoms with E-state index in [-0.39, 0.29) is 5.82 Å². The van der Waals surface area contributed by atoms with Gasteiger partial charge in [0.2, 0.25) is 0 Å². The van der Waals surface area contributed by atoms with Crippen molar-refractivity contribution in [1.29, 1.82) is 0 Å². The predicted molar refractivity (Wildman–Crippen MR) is 71.7 cm³/mol. The van der Waals surface area contributed by atoms with Crippen LogP contribution in [0.2, 0.25) is 0 Å². The smallest absolute Gasteiger partial charge is 0.197 e. The molecule has 2 aromatic heterocycles. The van der Waals surface area contributed by atoms with Crippen LogP contribution in [0.1, 0.15) is 5.56 Å². The third-order valence-electron chi connectivity index (χ3n) is 3.06. The molecule has 0 saturated heterocycles. The van der Waals surface area contributed by atoms with E-state index in [1.807, 2.05) is 24.4 Å². The average Bonchev–Trinajstić information content (AvgIpc) is 2.80. The monoisotopic (exact) mass is 237 g/mol. The van der Waals surface area contributed by atoms with Gasteiger partial charge < -0.3 is 4.98 Å². The molecule has 1 N–H and O–H groups in total. The molecule has 0 fully saturated rings. The lowest BCUT2D eigenvalue weighted by Gasteiger charge is -2.02. The first-order valence-electron chi connectivity index (χ1n) is 5.65. The van der Waals surface area contributed by atoms with E-state index < -0.39 is 0 Å². The standard InChI is InChI=1S/C14H11N3O/c1-9-8-16-13-3-2-10(6-12(9)13)11-4-5-15-14(7-11)17-18/h2-8,16H,1H3. The Kier molecular flexibility index (Phi) is 2.41. The molecule has 4 nitrogen and oxygen atoms in total. The van der Waals surface area contributed by atoms with Gasteiger partial charge in [0.15, 0.2) is 5.82 Å². The number of benzene rings is 1. The summed E-state index contributed by atoms with van der Waals surface area (Å²) < 4.78 is 0. The fourth-order valence-electron chi connectivity index (χ4n) is 2.09. The molecule has 0 atom stereocenters. The summed E-state index contributed by atoms with van der Waals surface area (Å²) in [6.45, 7) is 2.06. The van der Waals surface area contributed by atoms with Crippen molar-refractivity contribution < 1.29 is 0 Å². The quantitative estimate of drug-likeness (QED) is 0.686. The number of pyridine rings is 1. The Labute approximate surface area is 104 Å². The van der Waals surface area contributed by atoms with E-state index in [2.05, 4.69) is 28.1 Å². The Hall–Kier alpha value is -2.49. The lowest BCUT2D eigenvalue weighted by molar-refractivity contribution is 1.27. The molecule has 88 valence electrons. The Morgan fingerprint density at radius 3 is 2.83 bits per heavy atom. The average molecular weight is 237 g/mol. The number of nitrogens with one attached hydrogen (secondary N) is 1. The Morgan fingerprint density at radius 1 is 1.17 bits per heavy atom. The summed E-state index contributed by atoms with van der Waals surface area (Å²) in [5, 5.41) is 4.04. The highest BCUT2D eigenvalue weighted by Crippen LogP contribution is 2.27. The third-order valence-corrected chi connectivity index (χ3v) is 3.06. The van der Waals surface area contributed by atoms with Crippen molar-refractivity contribution in [2.45, 2.75) is 6.92 Å². The molecule has 1 aromatic carbocycles. The second-order valence-electron chi connectivity index (χ2n) is 4.23. The van der Waals surface area contributed by atoms with Crippen LogP contribution in [0.25, 0.3) is 22.0 Å². The molecule has 2 heterocycles. The first-order valence-corrected chi connectivity index (χ1v) is 5.65. The molecule has 4 heteroatoms. The number of fused-ring (bicyclic) bond motifs is 1. The summed E-state index contributed by atoms with van der Waals surface area (Å²) in [4.78, 5) is 17.6. The van der Waals surface area contributed by atoms with E-state index in [4.69, 9.17) is 0 Å². The van der Waals surface area contributed by atoms with Crippen LogP contribution >= 0.6 is 0 Å². The molecule has 0 saturated carbocycles.